The van der Waals surface area contributed by atoms with Crippen molar-refractivity contribution in [1.82, 2.24) is 4.98 Å². The van der Waals surface area contributed by atoms with Crippen LogP contribution in [0.5, 0.6) is 0 Å². The quantitative estimate of drug-likeness (QED) is 0.277. The highest BCUT2D eigenvalue weighted by molar-refractivity contribution is 6.29. The molecule has 1 aromatic heterocycles. The molecule has 4 aliphatic rings. The van der Waals surface area contributed by atoms with Crippen molar-refractivity contribution < 1.29 is 9.53 Å². The summed E-state index contributed by atoms with van der Waals surface area (Å²) in [5.41, 5.74) is 4.19. The molecule has 0 amide bonds. The van der Waals surface area contributed by atoms with Crippen molar-refractivity contribution in [3.05, 3.63) is 40.2 Å². The largest absolute Gasteiger partial charge is 0.462 e. The van der Waals surface area contributed by atoms with Crippen LogP contribution in [-0.4, -0.2) is 17.1 Å². The Bertz CT molecular complexity index is 947. The number of rotatable bonds is 1. The monoisotopic (exact) mass is 441 g/mol. The van der Waals surface area contributed by atoms with E-state index < -0.39 is 5.41 Å². The Morgan fingerprint density at radius 1 is 1.10 bits per heavy atom. The van der Waals surface area contributed by atoms with E-state index in [4.69, 9.17) is 21.3 Å². The van der Waals surface area contributed by atoms with E-state index >= 15 is 0 Å². The first-order valence-electron chi connectivity index (χ1n) is 12.1. The van der Waals surface area contributed by atoms with Gasteiger partial charge in [-0.25, -0.2) is 4.98 Å². The minimum Gasteiger partial charge on any atom is -0.462 e. The molecule has 2 saturated carbocycles. The second-order valence-corrected chi connectivity index (χ2v) is 12.5. The van der Waals surface area contributed by atoms with Crippen molar-refractivity contribution in [1.29, 1.82) is 0 Å². The zero-order valence-corrected chi connectivity index (χ0v) is 20.4. The molecular formula is C27H36ClNO2. The summed E-state index contributed by atoms with van der Waals surface area (Å²) in [6.45, 7) is 10.7. The number of esters is 1. The van der Waals surface area contributed by atoms with Gasteiger partial charge in [0.2, 0.25) is 0 Å². The van der Waals surface area contributed by atoms with Crippen molar-refractivity contribution in [2.24, 2.45) is 28.6 Å². The molecule has 0 saturated heterocycles. The first-order valence-corrected chi connectivity index (χ1v) is 12.5. The lowest BCUT2D eigenvalue weighted by atomic mass is 9.48. The maximum atomic E-state index is 12.4. The smallest absolute Gasteiger partial charge is 0.311 e. The number of halogens is 1. The van der Waals surface area contributed by atoms with Gasteiger partial charge in [-0.15, -0.1) is 0 Å². The molecule has 4 aliphatic carbocycles. The van der Waals surface area contributed by atoms with Crippen LogP contribution in [0.25, 0.3) is 0 Å². The molecule has 2 fully saturated rings. The van der Waals surface area contributed by atoms with Gasteiger partial charge in [0.15, 0.2) is 0 Å². The molecule has 1 heterocycles. The highest BCUT2D eigenvalue weighted by Gasteiger charge is 2.58. The number of hydrogen-bond acceptors (Lipinski definition) is 3. The summed E-state index contributed by atoms with van der Waals surface area (Å²) in [5, 5.41) is 0.628. The second kappa shape index (κ2) is 7.07. The number of pyridine rings is 1. The molecule has 0 spiro atoms. The van der Waals surface area contributed by atoms with Crippen molar-refractivity contribution in [3.8, 4) is 0 Å². The number of carbonyl (C=O) groups excluding carboxylic acids is 1. The normalized spacial score (nSPS) is 39.0. The number of nitrogens with zero attached hydrogens (tertiary/aromatic N) is 1. The summed E-state index contributed by atoms with van der Waals surface area (Å²) in [4.78, 5) is 17.2. The Morgan fingerprint density at radius 2 is 1.84 bits per heavy atom. The van der Waals surface area contributed by atoms with Crippen LogP contribution in [0, 0.1) is 28.6 Å². The van der Waals surface area contributed by atoms with E-state index in [1.54, 1.807) is 5.57 Å². The number of fused-ring (bicyclic) bond motifs is 7. The lowest BCUT2D eigenvalue weighted by Gasteiger charge is -2.57. The number of hydrogen-bond donors (Lipinski definition) is 0. The van der Waals surface area contributed by atoms with Crippen LogP contribution in [0.15, 0.2) is 23.8 Å². The van der Waals surface area contributed by atoms with E-state index in [0.29, 0.717) is 17.0 Å². The van der Waals surface area contributed by atoms with Gasteiger partial charge < -0.3 is 4.74 Å². The maximum absolute atomic E-state index is 12.4. The first kappa shape index (κ1) is 21.5. The van der Waals surface area contributed by atoms with E-state index in [1.807, 2.05) is 26.8 Å². The van der Waals surface area contributed by atoms with Crippen molar-refractivity contribution in [2.45, 2.75) is 91.1 Å². The van der Waals surface area contributed by atoms with Crippen LogP contribution in [0.2, 0.25) is 5.15 Å². The van der Waals surface area contributed by atoms with Gasteiger partial charge in [0.25, 0.3) is 0 Å². The molecule has 0 radical (unpaired) electrons. The minimum atomic E-state index is -0.435. The molecule has 0 aromatic carbocycles. The highest BCUT2D eigenvalue weighted by atomic mass is 35.5. The van der Waals surface area contributed by atoms with Crippen LogP contribution in [0.3, 0.4) is 0 Å². The average molecular weight is 442 g/mol. The van der Waals surface area contributed by atoms with Gasteiger partial charge in [0.05, 0.1) is 11.1 Å². The Hall–Kier alpha value is -1.35. The summed E-state index contributed by atoms with van der Waals surface area (Å²) in [6.07, 6.45) is 10.3. The third-order valence-electron chi connectivity index (χ3n) is 9.26. The molecule has 1 aromatic rings. The van der Waals surface area contributed by atoms with Crippen LogP contribution < -0.4 is 0 Å². The Morgan fingerprint density at radius 3 is 2.58 bits per heavy atom. The zero-order valence-electron chi connectivity index (χ0n) is 19.6. The standard InChI is InChI=1S/C27H36ClNO2/c1-25(2,3)24(30)31-18-10-12-26(4)17(15-18)7-8-19-20(26)11-13-27(5)21(19)14-16-6-9-22(28)29-23(16)27/h6-7,9,18-21H,8,10-15H2,1-5H3/t18-,19+,20-,21-,26-,27-/m0/s1. The van der Waals surface area contributed by atoms with E-state index in [1.165, 1.54) is 24.1 Å². The van der Waals surface area contributed by atoms with Crippen LogP contribution in [-0.2, 0) is 21.4 Å². The zero-order chi connectivity index (χ0) is 22.2. The summed E-state index contributed by atoms with van der Waals surface area (Å²) in [7, 11) is 0. The van der Waals surface area contributed by atoms with Crippen molar-refractivity contribution in [2.75, 3.05) is 0 Å². The molecular weight excluding hydrogens is 406 g/mol. The maximum Gasteiger partial charge on any atom is 0.311 e. The van der Waals surface area contributed by atoms with Gasteiger partial charge in [-0.2, -0.15) is 0 Å². The molecule has 0 N–H and O–H groups in total. The van der Waals surface area contributed by atoms with E-state index in [2.05, 4.69) is 26.0 Å². The molecule has 5 rings (SSSR count). The van der Waals surface area contributed by atoms with Gasteiger partial charge in [0, 0.05) is 11.8 Å². The Balaban J connectivity index is 1.39. The van der Waals surface area contributed by atoms with Gasteiger partial charge in [0.1, 0.15) is 11.3 Å². The fraction of sp³-hybridized carbons (Fsp3) is 0.704. The molecule has 31 heavy (non-hydrogen) atoms. The first-order chi connectivity index (χ1) is 14.5. The van der Waals surface area contributed by atoms with Gasteiger partial charge >= 0.3 is 5.97 Å². The number of aromatic nitrogens is 1. The lowest BCUT2D eigenvalue weighted by Crippen LogP contribution is -2.51. The minimum absolute atomic E-state index is 0.0403. The van der Waals surface area contributed by atoms with Crippen molar-refractivity contribution >= 4 is 17.6 Å². The summed E-state index contributed by atoms with van der Waals surface area (Å²) < 4.78 is 5.92. The van der Waals surface area contributed by atoms with E-state index in [9.17, 15) is 4.79 Å². The van der Waals surface area contributed by atoms with E-state index in [0.717, 1.165) is 38.0 Å². The lowest BCUT2D eigenvalue weighted by molar-refractivity contribution is -0.160. The predicted octanol–water partition coefficient (Wildman–Crippen LogP) is 6.67. The van der Waals surface area contributed by atoms with Crippen LogP contribution >= 0.6 is 11.6 Å². The third-order valence-corrected chi connectivity index (χ3v) is 9.47. The molecule has 6 atom stereocenters. The summed E-state index contributed by atoms with van der Waals surface area (Å²) in [6, 6.07) is 4.17. The van der Waals surface area contributed by atoms with Crippen molar-refractivity contribution in [3.63, 3.8) is 0 Å². The fourth-order valence-electron chi connectivity index (χ4n) is 7.41. The van der Waals surface area contributed by atoms with Crippen LogP contribution in [0.1, 0.15) is 84.4 Å². The second-order valence-electron chi connectivity index (χ2n) is 12.1. The topological polar surface area (TPSA) is 39.2 Å². The molecule has 0 aliphatic heterocycles. The Kier molecular flexibility index (Phi) is 4.90. The summed E-state index contributed by atoms with van der Waals surface area (Å²) >= 11 is 6.29. The van der Waals surface area contributed by atoms with E-state index in [-0.39, 0.29) is 22.9 Å². The third kappa shape index (κ3) is 3.29. The van der Waals surface area contributed by atoms with Gasteiger partial charge in [-0.1, -0.05) is 43.2 Å². The average Bonchev–Trinajstić information content (AvgIpc) is 3.00. The van der Waals surface area contributed by atoms with Gasteiger partial charge in [-0.05, 0) is 94.1 Å². The molecule has 168 valence electrons. The Labute approximate surface area is 192 Å². The predicted molar refractivity (Wildman–Crippen MR) is 124 cm³/mol. The SMILES string of the molecule is CC(C)(C)C(=O)O[C@H]1CC[C@@]2(C)C(=CC[C@@H]3[C@@H]2CC[C@]2(C)c4nc(Cl)ccc4C[C@@H]32)C1. The molecule has 0 bridgehead atoms. The number of carbonyl (C=O) groups is 1. The summed E-state index contributed by atoms with van der Waals surface area (Å²) in [5.74, 6) is 2.00. The molecule has 0 unspecified atom stereocenters. The fourth-order valence-corrected chi connectivity index (χ4v) is 7.55. The number of allylic oxidation sites excluding steroid dienone is 1. The van der Waals surface area contributed by atoms with Crippen LogP contribution in [0.4, 0.5) is 0 Å². The number of ether oxygens (including phenoxy) is 1. The molecule has 4 heteroatoms. The van der Waals surface area contributed by atoms with Gasteiger partial charge in [-0.3, -0.25) is 4.79 Å². The molecule has 3 nitrogen and oxygen atoms in total. The highest BCUT2D eigenvalue weighted by Crippen LogP contribution is 2.64.